The van der Waals surface area contributed by atoms with E-state index in [1.54, 1.807) is 30.9 Å². The molecule has 0 saturated heterocycles. The van der Waals surface area contributed by atoms with E-state index in [1.807, 2.05) is 0 Å². The minimum Gasteiger partial charge on any atom is -0.474 e. The highest BCUT2D eigenvalue weighted by Crippen LogP contribution is 2.30. The molecule has 0 radical (unpaired) electrons. The van der Waals surface area contributed by atoms with E-state index in [-0.39, 0.29) is 29.5 Å². The Labute approximate surface area is 220 Å². The lowest BCUT2D eigenvalue weighted by atomic mass is 9.92. The van der Waals surface area contributed by atoms with Gasteiger partial charge in [0.05, 0.1) is 34.9 Å². The van der Waals surface area contributed by atoms with Gasteiger partial charge in [-0.05, 0) is 62.9 Å². The van der Waals surface area contributed by atoms with Crippen LogP contribution in [0.15, 0.2) is 42.7 Å². The first-order chi connectivity index (χ1) is 18.5. The monoisotopic (exact) mass is 541 g/mol. The first-order valence-corrected chi connectivity index (χ1v) is 12.3. The molecule has 2 amide bonds. The van der Waals surface area contributed by atoms with Gasteiger partial charge in [-0.2, -0.15) is 28.4 Å². The fourth-order valence-corrected chi connectivity index (χ4v) is 4.76. The number of amides is 2. The number of nitrogens with zero attached hydrogens (tertiary/aromatic N) is 5. The summed E-state index contributed by atoms with van der Waals surface area (Å²) in [7, 11) is 1.74. The molecule has 3 N–H and O–H groups in total. The number of hydrogen-bond donors (Lipinski definition) is 2. The number of primary amides is 1. The van der Waals surface area contributed by atoms with Crippen molar-refractivity contribution in [3.63, 3.8) is 0 Å². The number of carbonyl (C=O) groups excluding carboxylic acids is 2. The first kappa shape index (κ1) is 26.2. The Hall–Kier alpha value is -4.42. The van der Waals surface area contributed by atoms with Crippen molar-refractivity contribution in [3.05, 3.63) is 65.1 Å². The van der Waals surface area contributed by atoms with Crippen molar-refractivity contribution >= 4 is 22.8 Å². The summed E-state index contributed by atoms with van der Waals surface area (Å²) in [5.41, 5.74) is 6.82. The van der Waals surface area contributed by atoms with Crippen LogP contribution in [0.3, 0.4) is 0 Å². The van der Waals surface area contributed by atoms with E-state index in [0.717, 1.165) is 12.1 Å². The molecule has 0 unspecified atom stereocenters. The number of fused-ring (bicyclic) bond motifs is 1. The molecule has 1 aromatic carbocycles. The zero-order valence-corrected chi connectivity index (χ0v) is 21.2. The number of aromatic nitrogens is 5. The van der Waals surface area contributed by atoms with E-state index in [2.05, 4.69) is 20.5 Å². The Morgan fingerprint density at radius 2 is 1.74 bits per heavy atom. The van der Waals surface area contributed by atoms with E-state index in [1.165, 1.54) is 23.0 Å². The number of nitrogens with two attached hydrogens (primary N) is 1. The van der Waals surface area contributed by atoms with Gasteiger partial charge < -0.3 is 15.8 Å². The summed E-state index contributed by atoms with van der Waals surface area (Å²) in [4.78, 5) is 29.4. The van der Waals surface area contributed by atoms with Crippen molar-refractivity contribution in [3.8, 4) is 11.6 Å². The molecule has 5 rings (SSSR count). The average Bonchev–Trinajstić information content (AvgIpc) is 3.46. The van der Waals surface area contributed by atoms with Gasteiger partial charge in [0.25, 0.3) is 11.8 Å². The number of benzene rings is 1. The molecule has 1 fully saturated rings. The summed E-state index contributed by atoms with van der Waals surface area (Å²) in [6, 6.07) is 6.11. The van der Waals surface area contributed by atoms with Gasteiger partial charge in [0, 0.05) is 18.5 Å². The normalized spacial score (nSPS) is 17.8. The van der Waals surface area contributed by atoms with Crippen LogP contribution in [-0.2, 0) is 13.2 Å². The maximum absolute atomic E-state index is 13.0. The number of rotatable bonds is 6. The van der Waals surface area contributed by atoms with Crippen LogP contribution in [0, 0.1) is 6.92 Å². The standard InChI is InChI=1S/C26H26F3N7O3/c1-14-21(13-32-36(14)18-7-3-16(4-8-18)26(27,28)29)24(38)33-17-5-9-19(10-6-17)39-25-20(22(30)37)11-15-12-31-35(2)23(15)34-25/h3-4,7-8,11-13,17,19H,5-6,9-10H2,1-2H3,(H2,30,37)(H,33,38)/t17-,19-. The van der Waals surface area contributed by atoms with Crippen LogP contribution < -0.4 is 15.8 Å². The molecule has 10 nitrogen and oxygen atoms in total. The molecule has 1 saturated carbocycles. The minimum absolute atomic E-state index is 0.103. The summed E-state index contributed by atoms with van der Waals surface area (Å²) in [5, 5.41) is 12.0. The molecule has 3 heterocycles. The predicted octanol–water partition coefficient (Wildman–Crippen LogP) is 3.70. The van der Waals surface area contributed by atoms with Crippen molar-refractivity contribution in [1.82, 2.24) is 29.9 Å². The number of carbonyl (C=O) groups is 2. The summed E-state index contributed by atoms with van der Waals surface area (Å²) >= 11 is 0. The second-order valence-electron chi connectivity index (χ2n) is 9.55. The highest BCUT2D eigenvalue weighted by atomic mass is 19.4. The third kappa shape index (κ3) is 5.29. The Bertz CT molecular complexity index is 1530. The largest absolute Gasteiger partial charge is 0.474 e. The lowest BCUT2D eigenvalue weighted by Gasteiger charge is -2.29. The van der Waals surface area contributed by atoms with Gasteiger partial charge >= 0.3 is 6.18 Å². The average molecular weight is 542 g/mol. The molecule has 0 aliphatic heterocycles. The first-order valence-electron chi connectivity index (χ1n) is 12.3. The molecule has 204 valence electrons. The van der Waals surface area contributed by atoms with Crippen LogP contribution in [0.1, 0.15) is 57.7 Å². The molecule has 1 aliphatic rings. The van der Waals surface area contributed by atoms with E-state index in [9.17, 15) is 22.8 Å². The highest BCUT2D eigenvalue weighted by molar-refractivity contribution is 5.98. The van der Waals surface area contributed by atoms with Crippen molar-refractivity contribution in [1.29, 1.82) is 0 Å². The summed E-state index contributed by atoms with van der Waals surface area (Å²) in [5.74, 6) is -0.789. The van der Waals surface area contributed by atoms with E-state index < -0.39 is 17.6 Å². The van der Waals surface area contributed by atoms with E-state index in [0.29, 0.717) is 53.7 Å². The molecule has 4 aromatic rings. The summed E-state index contributed by atoms with van der Waals surface area (Å²) in [6.45, 7) is 1.69. The van der Waals surface area contributed by atoms with Crippen LogP contribution in [0.2, 0.25) is 0 Å². The zero-order valence-electron chi connectivity index (χ0n) is 21.2. The summed E-state index contributed by atoms with van der Waals surface area (Å²) in [6.07, 6.45) is 0.893. The smallest absolute Gasteiger partial charge is 0.416 e. The molecular formula is C26H26F3N7O3. The molecule has 0 atom stereocenters. The molecule has 3 aromatic heterocycles. The van der Waals surface area contributed by atoms with Crippen molar-refractivity contribution in [2.75, 3.05) is 0 Å². The number of halogens is 3. The SMILES string of the molecule is Cc1c(C(=O)N[C@H]2CC[C@H](Oc3nc4c(cnn4C)cc3C(N)=O)CC2)cnn1-c1ccc(C(F)(F)F)cc1. The zero-order chi connectivity index (χ0) is 27.9. The Balaban J connectivity index is 1.21. The number of alkyl halides is 3. The predicted molar refractivity (Wildman–Crippen MR) is 134 cm³/mol. The quantitative estimate of drug-likeness (QED) is 0.383. The Kier molecular flexibility index (Phi) is 6.74. The Morgan fingerprint density at radius 1 is 1.05 bits per heavy atom. The van der Waals surface area contributed by atoms with E-state index in [4.69, 9.17) is 10.5 Å². The second kappa shape index (κ2) is 10.0. The Morgan fingerprint density at radius 3 is 2.38 bits per heavy atom. The van der Waals surface area contributed by atoms with Crippen LogP contribution in [0.4, 0.5) is 13.2 Å². The van der Waals surface area contributed by atoms with Crippen LogP contribution in [0.5, 0.6) is 5.88 Å². The molecule has 39 heavy (non-hydrogen) atoms. The van der Waals surface area contributed by atoms with Crippen LogP contribution >= 0.6 is 0 Å². The van der Waals surface area contributed by atoms with Crippen LogP contribution in [0.25, 0.3) is 16.7 Å². The van der Waals surface area contributed by atoms with E-state index >= 15 is 0 Å². The maximum atomic E-state index is 13.0. The molecule has 13 heteroatoms. The molecule has 0 spiro atoms. The molecule has 0 bridgehead atoms. The molecule has 1 aliphatic carbocycles. The fourth-order valence-electron chi connectivity index (χ4n) is 4.76. The number of nitrogens with one attached hydrogen (secondary N) is 1. The van der Waals surface area contributed by atoms with Crippen molar-refractivity contribution in [2.24, 2.45) is 12.8 Å². The fraction of sp³-hybridized carbons (Fsp3) is 0.346. The van der Waals surface area contributed by atoms with Gasteiger partial charge in [-0.25, -0.2) is 4.68 Å². The van der Waals surface area contributed by atoms with Gasteiger partial charge in [0.2, 0.25) is 5.88 Å². The van der Waals surface area contributed by atoms with Crippen LogP contribution in [-0.4, -0.2) is 48.5 Å². The van der Waals surface area contributed by atoms with Gasteiger partial charge in [-0.3, -0.25) is 14.3 Å². The van der Waals surface area contributed by atoms with Gasteiger partial charge in [-0.1, -0.05) is 0 Å². The van der Waals surface area contributed by atoms with Gasteiger partial charge in [-0.15, -0.1) is 0 Å². The maximum Gasteiger partial charge on any atom is 0.416 e. The van der Waals surface area contributed by atoms with Crippen molar-refractivity contribution in [2.45, 2.75) is 50.9 Å². The second-order valence-corrected chi connectivity index (χ2v) is 9.55. The number of aryl methyl sites for hydroxylation is 1. The lowest BCUT2D eigenvalue weighted by Crippen LogP contribution is -2.40. The third-order valence-electron chi connectivity index (χ3n) is 6.92. The van der Waals surface area contributed by atoms with Gasteiger partial charge in [0.15, 0.2) is 5.65 Å². The third-order valence-corrected chi connectivity index (χ3v) is 6.92. The van der Waals surface area contributed by atoms with Gasteiger partial charge in [0.1, 0.15) is 11.7 Å². The number of ether oxygens (including phenoxy) is 1. The number of hydrogen-bond acceptors (Lipinski definition) is 6. The number of pyridine rings is 1. The topological polar surface area (TPSA) is 130 Å². The van der Waals surface area contributed by atoms with Crippen molar-refractivity contribution < 1.29 is 27.5 Å². The summed E-state index contributed by atoms with van der Waals surface area (Å²) < 4.78 is 47.7. The minimum atomic E-state index is -4.43. The lowest BCUT2D eigenvalue weighted by molar-refractivity contribution is -0.137. The highest BCUT2D eigenvalue weighted by Gasteiger charge is 2.30. The molecular weight excluding hydrogens is 515 g/mol.